The molecule has 5 nitrogen and oxygen atoms in total. The van der Waals surface area contributed by atoms with E-state index in [1.807, 2.05) is 6.92 Å². The zero-order chi connectivity index (χ0) is 17.4. The number of quaternary nitrogens is 1. The van der Waals surface area contributed by atoms with Crippen LogP contribution in [0.15, 0.2) is 45.2 Å². The number of hydrogen-bond donors (Lipinski definition) is 1. The van der Waals surface area contributed by atoms with E-state index in [0.717, 1.165) is 5.57 Å². The first-order valence-electron chi connectivity index (χ1n) is 7.15. The van der Waals surface area contributed by atoms with Crippen molar-refractivity contribution in [1.82, 2.24) is 4.90 Å². The van der Waals surface area contributed by atoms with Crippen LogP contribution in [0.25, 0.3) is 5.57 Å². The largest absolute Gasteiger partial charge is 1.00 e. The van der Waals surface area contributed by atoms with Crippen LogP contribution in [0.2, 0.25) is 0 Å². The maximum Gasteiger partial charge on any atom is 0.362 e. The zero-order valence-electron chi connectivity index (χ0n) is 13.5. The first kappa shape index (κ1) is 18.9. The highest BCUT2D eigenvalue weighted by atomic mass is 35.5. The second-order valence-corrected chi connectivity index (χ2v) is 5.62. The molecule has 0 saturated carbocycles. The Bertz CT molecular complexity index is 821. The maximum absolute atomic E-state index is 14.2. The molecule has 9 heteroatoms. The quantitative estimate of drug-likeness (QED) is 0.650. The summed E-state index contributed by atoms with van der Waals surface area (Å²) < 4.78 is 41.7. The van der Waals surface area contributed by atoms with Crippen LogP contribution in [-0.4, -0.2) is 37.0 Å². The van der Waals surface area contributed by atoms with Crippen molar-refractivity contribution in [1.29, 1.82) is 0 Å². The van der Waals surface area contributed by atoms with Crippen LogP contribution in [-0.2, 0) is 0 Å². The molecule has 1 N–H and O–H groups in total. The van der Waals surface area contributed by atoms with Gasteiger partial charge in [-0.05, 0) is 6.92 Å². The number of fused-ring (bicyclic) bond motifs is 1. The van der Waals surface area contributed by atoms with Gasteiger partial charge in [-0.2, -0.15) is 9.98 Å². The van der Waals surface area contributed by atoms with E-state index in [0.29, 0.717) is 35.5 Å². The fourth-order valence-corrected chi connectivity index (χ4v) is 2.69. The number of benzene rings is 1. The van der Waals surface area contributed by atoms with Crippen LogP contribution in [0.5, 0.6) is 0 Å². The van der Waals surface area contributed by atoms with Gasteiger partial charge in [0, 0.05) is 25.7 Å². The van der Waals surface area contributed by atoms with E-state index in [1.165, 1.54) is 12.6 Å². The minimum atomic E-state index is -1.00. The molecule has 1 atom stereocenters. The Balaban J connectivity index is 0.00000225. The lowest BCUT2D eigenvalue weighted by molar-refractivity contribution is -0.777. The third-order valence-corrected chi connectivity index (χ3v) is 3.54. The maximum atomic E-state index is 14.2. The number of guanidine groups is 1. The van der Waals surface area contributed by atoms with Gasteiger partial charge in [0.2, 0.25) is 5.82 Å². The summed E-state index contributed by atoms with van der Waals surface area (Å²) >= 11 is 0. The normalized spacial score (nSPS) is 18.0. The molecule has 1 aromatic rings. The third-order valence-electron chi connectivity index (χ3n) is 3.54. The Labute approximate surface area is 149 Å². The molecule has 1 unspecified atom stereocenters. The molecule has 132 valence electrons. The van der Waals surface area contributed by atoms with Crippen molar-refractivity contribution in [2.24, 2.45) is 15.1 Å². The molecule has 0 fully saturated rings. The van der Waals surface area contributed by atoms with E-state index in [4.69, 9.17) is 0 Å². The summed E-state index contributed by atoms with van der Waals surface area (Å²) in [4.78, 5) is 9.87. The highest BCUT2D eigenvalue weighted by molar-refractivity contribution is 6.15. The highest BCUT2D eigenvalue weighted by Gasteiger charge is 2.37. The fraction of sp³-hybridized carbons (Fsp3) is 0.188. The number of halogens is 4. The van der Waals surface area contributed by atoms with E-state index in [9.17, 15) is 13.2 Å². The first-order chi connectivity index (χ1) is 11.4. The van der Waals surface area contributed by atoms with Crippen molar-refractivity contribution < 1.29 is 30.6 Å². The number of aliphatic imine (C=N–C) groups is 2. The van der Waals surface area contributed by atoms with E-state index >= 15 is 0 Å². The Hall–Kier alpha value is -2.45. The standard InChI is InChI=1S/C16H14F3N5.ClH/c1-9(2)7-23(3)15-11(6-20-16-21-8-22-24(15)16)14-12(18)4-10(17)5-13(14)19;/h4-6,8H,1,7H2,2-3H3;1H. The van der Waals surface area contributed by atoms with Crippen molar-refractivity contribution in [3.05, 3.63) is 53.1 Å². The van der Waals surface area contributed by atoms with Crippen LogP contribution in [0.1, 0.15) is 12.5 Å². The van der Waals surface area contributed by atoms with Crippen LogP contribution in [0.4, 0.5) is 13.2 Å². The monoisotopic (exact) mass is 369 g/mol. The molecule has 0 bridgehead atoms. The molecule has 0 aromatic heterocycles. The minimum absolute atomic E-state index is 0. The molecule has 1 aromatic carbocycles. The second-order valence-electron chi connectivity index (χ2n) is 5.62. The Morgan fingerprint density at radius 2 is 1.88 bits per heavy atom. The number of allylic oxidation sites excluding steroid dienone is 1. The number of rotatable bonds is 4. The highest BCUT2D eigenvalue weighted by Crippen LogP contribution is 2.25. The molecule has 0 spiro atoms. The van der Waals surface area contributed by atoms with Crippen molar-refractivity contribution in [2.75, 3.05) is 13.6 Å². The molecule has 0 amide bonds. The van der Waals surface area contributed by atoms with Crippen LogP contribution >= 0.6 is 0 Å². The number of nitrogens with zero attached hydrogens (tertiary/aromatic N) is 4. The molecule has 2 aliphatic rings. The van der Waals surface area contributed by atoms with Gasteiger partial charge in [-0.1, -0.05) is 22.3 Å². The number of nitrogens with one attached hydrogen (secondary N) is 1. The molecule has 2 heterocycles. The summed E-state index contributed by atoms with van der Waals surface area (Å²) in [7, 11) is 1.75. The third kappa shape index (κ3) is 3.49. The predicted molar refractivity (Wildman–Crippen MR) is 86.1 cm³/mol. The van der Waals surface area contributed by atoms with Gasteiger partial charge in [-0.15, -0.1) is 0 Å². The molecular formula is C16H15ClF3N5. The zero-order valence-corrected chi connectivity index (χ0v) is 14.3. The average Bonchev–Trinajstić information content (AvgIpc) is 2.93. The minimum Gasteiger partial charge on any atom is -1.00 e. The molecule has 0 radical (unpaired) electrons. The van der Waals surface area contributed by atoms with E-state index in [-0.39, 0.29) is 23.5 Å². The summed E-state index contributed by atoms with van der Waals surface area (Å²) in [5.41, 5.74) is 0.687. The van der Waals surface area contributed by atoms with Gasteiger partial charge in [0.05, 0.1) is 17.4 Å². The van der Waals surface area contributed by atoms with E-state index in [1.54, 1.807) is 11.9 Å². The summed E-state index contributed by atoms with van der Waals surface area (Å²) in [6.45, 7) is 6.13. The van der Waals surface area contributed by atoms with Gasteiger partial charge in [-0.25, -0.2) is 13.2 Å². The summed E-state index contributed by atoms with van der Waals surface area (Å²) in [5, 5.41) is 4.56. The van der Waals surface area contributed by atoms with Crippen molar-refractivity contribution >= 4 is 24.1 Å². The van der Waals surface area contributed by atoms with Gasteiger partial charge in [0.25, 0.3) is 0 Å². The summed E-state index contributed by atoms with van der Waals surface area (Å²) in [5.74, 6) is -2.15. The molecule has 0 saturated heterocycles. The molecular weight excluding hydrogens is 355 g/mol. The smallest absolute Gasteiger partial charge is 0.362 e. The fourth-order valence-electron chi connectivity index (χ4n) is 2.69. The molecule has 0 aliphatic carbocycles. The lowest BCUT2D eigenvalue weighted by Crippen LogP contribution is -3.09. The van der Waals surface area contributed by atoms with Crippen LogP contribution in [0, 0.1) is 17.5 Å². The SMILES string of the molecule is C=C(C)CN(C)C1=C(c2c(F)cc(F)cc2F)C=NC2=NC=N[NH+]21.[Cl-]. The first-order valence-corrected chi connectivity index (χ1v) is 7.15. The molecule has 3 rings (SSSR count). The van der Waals surface area contributed by atoms with Crippen molar-refractivity contribution in [2.45, 2.75) is 6.92 Å². The van der Waals surface area contributed by atoms with Gasteiger partial charge >= 0.3 is 5.96 Å². The average molecular weight is 370 g/mol. The van der Waals surface area contributed by atoms with E-state index < -0.39 is 17.5 Å². The summed E-state index contributed by atoms with van der Waals surface area (Å²) in [6, 6.07) is 1.28. The molecule has 25 heavy (non-hydrogen) atoms. The van der Waals surface area contributed by atoms with Gasteiger partial charge in [0.1, 0.15) is 17.5 Å². The van der Waals surface area contributed by atoms with Gasteiger partial charge in [-0.3, -0.25) is 0 Å². The number of hydrogen-bond acceptors (Lipinski definition) is 4. The lowest BCUT2D eigenvalue weighted by Gasteiger charge is -2.26. The van der Waals surface area contributed by atoms with Crippen LogP contribution < -0.4 is 17.4 Å². The van der Waals surface area contributed by atoms with Crippen molar-refractivity contribution in [3.8, 4) is 0 Å². The van der Waals surface area contributed by atoms with Crippen LogP contribution in [0.3, 0.4) is 0 Å². The van der Waals surface area contributed by atoms with Gasteiger partial charge < -0.3 is 17.3 Å². The second kappa shape index (κ2) is 7.20. The predicted octanol–water partition coefficient (Wildman–Crippen LogP) is -1.43. The topological polar surface area (TPSA) is 44.8 Å². The summed E-state index contributed by atoms with van der Waals surface area (Å²) in [6.07, 6.45) is 2.65. The molecule has 2 aliphatic heterocycles. The van der Waals surface area contributed by atoms with E-state index in [2.05, 4.69) is 21.7 Å². The Kier molecular flexibility index (Phi) is 5.44. The number of likely N-dealkylation sites (N-methyl/N-ethyl adjacent to an activating group) is 1. The van der Waals surface area contributed by atoms with Gasteiger partial charge in [0.15, 0.2) is 6.34 Å². The Morgan fingerprint density at radius 1 is 1.24 bits per heavy atom. The lowest BCUT2D eigenvalue weighted by atomic mass is 10.0. The Morgan fingerprint density at radius 3 is 2.48 bits per heavy atom. The van der Waals surface area contributed by atoms with Crippen molar-refractivity contribution in [3.63, 3.8) is 0 Å².